The van der Waals surface area contributed by atoms with Gasteiger partial charge in [0.15, 0.2) is 0 Å². The molecule has 0 aliphatic carbocycles. The third kappa shape index (κ3) is 9.45. The van der Waals surface area contributed by atoms with Gasteiger partial charge in [-0.15, -0.1) is 31.2 Å². The lowest BCUT2D eigenvalue weighted by Crippen LogP contribution is -2.25. The van der Waals surface area contributed by atoms with Crippen LogP contribution in [0.3, 0.4) is 0 Å². The number of hydrogen-bond donors (Lipinski definition) is 2. The molecule has 240 valence electrons. The van der Waals surface area contributed by atoms with Gasteiger partial charge in [0, 0.05) is 23.2 Å². The number of aliphatic carboxylic acids is 1. The highest BCUT2D eigenvalue weighted by Crippen LogP contribution is 2.42. The summed E-state index contributed by atoms with van der Waals surface area (Å²) >= 11 is 0. The third-order valence-corrected chi connectivity index (χ3v) is 6.23. The van der Waals surface area contributed by atoms with Gasteiger partial charge in [-0.05, 0) is 70.4 Å². The average molecular weight is 649 g/mol. The van der Waals surface area contributed by atoms with Gasteiger partial charge in [-0.25, -0.2) is 0 Å². The van der Waals surface area contributed by atoms with Gasteiger partial charge in [0.05, 0.1) is 6.42 Å². The predicted molar refractivity (Wildman–Crippen MR) is 151 cm³/mol. The second-order valence-electron chi connectivity index (χ2n) is 9.49. The Labute approximate surface area is 256 Å². The normalized spacial score (nSPS) is 11.4. The standard InChI is InChI=1S/C31H22F6N2O7/c32-30(33,34)45-22-9-5-19(6-10-22)24-16-27(44-17-18-1-3-21(4-2-18)29(42)38-14-13-28(40)41)25(15-26(24)39-43)20-7-11-23(12-8-20)46-31(35,36)37/h1-12,15-16H,13-14,17H2,(H,38,42)(H,40,41). The van der Waals surface area contributed by atoms with E-state index in [2.05, 4.69) is 20.0 Å². The summed E-state index contributed by atoms with van der Waals surface area (Å²) in [5.74, 6) is -2.40. The summed E-state index contributed by atoms with van der Waals surface area (Å²) in [4.78, 5) is 34.7. The monoisotopic (exact) mass is 648 g/mol. The van der Waals surface area contributed by atoms with Gasteiger partial charge in [0.1, 0.15) is 29.5 Å². The van der Waals surface area contributed by atoms with Gasteiger partial charge in [-0.1, -0.05) is 36.4 Å². The summed E-state index contributed by atoms with van der Waals surface area (Å²) in [5, 5.41) is 14.2. The Balaban J connectivity index is 1.65. The van der Waals surface area contributed by atoms with Crippen LogP contribution in [0.4, 0.5) is 32.0 Å². The molecule has 0 fully saturated rings. The molecule has 0 saturated heterocycles. The number of carbonyl (C=O) groups excluding carboxylic acids is 1. The van der Waals surface area contributed by atoms with E-state index in [9.17, 15) is 40.8 Å². The molecule has 0 aliphatic heterocycles. The van der Waals surface area contributed by atoms with Crippen LogP contribution in [0.2, 0.25) is 0 Å². The number of nitrogens with zero attached hydrogens (tertiary/aromatic N) is 1. The number of benzene rings is 4. The molecule has 0 aromatic heterocycles. The molecular weight excluding hydrogens is 626 g/mol. The summed E-state index contributed by atoms with van der Waals surface area (Å²) in [7, 11) is 0. The van der Waals surface area contributed by atoms with Crippen molar-refractivity contribution in [3.8, 4) is 39.5 Å². The number of amides is 1. The summed E-state index contributed by atoms with van der Waals surface area (Å²) < 4.78 is 89.6. The van der Waals surface area contributed by atoms with E-state index < -0.39 is 36.1 Å². The number of carboxylic acids is 1. The van der Waals surface area contributed by atoms with Crippen LogP contribution in [0.25, 0.3) is 22.3 Å². The van der Waals surface area contributed by atoms with Crippen LogP contribution in [0.1, 0.15) is 22.3 Å². The van der Waals surface area contributed by atoms with E-state index in [1.54, 1.807) is 12.1 Å². The van der Waals surface area contributed by atoms with E-state index in [-0.39, 0.29) is 53.3 Å². The number of halogens is 6. The smallest absolute Gasteiger partial charge is 0.488 e. The molecule has 0 atom stereocenters. The molecule has 0 heterocycles. The maximum Gasteiger partial charge on any atom is 0.573 e. The summed E-state index contributed by atoms with van der Waals surface area (Å²) in [6, 6.07) is 18.3. The lowest BCUT2D eigenvalue weighted by atomic mass is 9.97. The highest BCUT2D eigenvalue weighted by atomic mass is 19.4. The Hall–Kier alpha value is -5.60. The largest absolute Gasteiger partial charge is 0.573 e. The van der Waals surface area contributed by atoms with Gasteiger partial charge in [-0.2, -0.15) is 0 Å². The van der Waals surface area contributed by atoms with Crippen LogP contribution in [0.15, 0.2) is 90.1 Å². The second kappa shape index (κ2) is 14.0. The molecule has 0 spiro atoms. The van der Waals surface area contributed by atoms with E-state index in [0.717, 1.165) is 24.3 Å². The molecule has 4 aromatic rings. The van der Waals surface area contributed by atoms with Gasteiger partial charge in [-0.3, -0.25) is 9.59 Å². The van der Waals surface area contributed by atoms with Crippen molar-refractivity contribution in [2.75, 3.05) is 6.54 Å². The van der Waals surface area contributed by atoms with Crippen LogP contribution in [0, 0.1) is 4.91 Å². The molecule has 1 amide bonds. The van der Waals surface area contributed by atoms with Crippen molar-refractivity contribution in [1.29, 1.82) is 0 Å². The first-order valence-corrected chi connectivity index (χ1v) is 13.2. The first kappa shape index (κ1) is 33.3. The molecule has 0 aliphatic rings. The van der Waals surface area contributed by atoms with Gasteiger partial charge >= 0.3 is 18.7 Å². The Morgan fingerprint density at radius 2 is 1.26 bits per heavy atom. The molecule has 2 N–H and O–H groups in total. The lowest BCUT2D eigenvalue weighted by molar-refractivity contribution is -0.275. The molecule has 4 aromatic carbocycles. The quantitative estimate of drug-likeness (QED) is 0.118. The highest BCUT2D eigenvalue weighted by Gasteiger charge is 2.32. The number of ether oxygens (including phenoxy) is 3. The lowest BCUT2D eigenvalue weighted by Gasteiger charge is -2.16. The van der Waals surface area contributed by atoms with Crippen LogP contribution in [-0.2, 0) is 11.4 Å². The van der Waals surface area contributed by atoms with Crippen molar-refractivity contribution in [1.82, 2.24) is 5.32 Å². The first-order chi connectivity index (χ1) is 21.7. The maximum absolute atomic E-state index is 12.7. The summed E-state index contributed by atoms with van der Waals surface area (Å²) in [6.07, 6.45) is -10.1. The maximum atomic E-state index is 12.7. The summed E-state index contributed by atoms with van der Waals surface area (Å²) in [5.41, 5.74) is 1.74. The topological polar surface area (TPSA) is 124 Å². The van der Waals surface area contributed by atoms with Crippen LogP contribution in [-0.4, -0.2) is 36.3 Å². The Bertz CT molecular complexity index is 1690. The van der Waals surface area contributed by atoms with E-state index in [4.69, 9.17) is 9.84 Å². The minimum atomic E-state index is -4.92. The number of nitrogens with one attached hydrogen (secondary N) is 1. The van der Waals surface area contributed by atoms with Crippen LogP contribution >= 0.6 is 0 Å². The number of alkyl halides is 6. The second-order valence-corrected chi connectivity index (χ2v) is 9.49. The van der Waals surface area contributed by atoms with Crippen molar-refractivity contribution < 1.29 is 55.2 Å². The fourth-order valence-corrected chi connectivity index (χ4v) is 4.19. The Morgan fingerprint density at radius 1 is 0.739 bits per heavy atom. The number of rotatable bonds is 12. The van der Waals surface area contributed by atoms with Crippen molar-refractivity contribution in [2.45, 2.75) is 25.8 Å². The minimum Gasteiger partial charge on any atom is -0.488 e. The molecule has 0 saturated carbocycles. The Kier molecular flexibility index (Phi) is 10.1. The van der Waals surface area contributed by atoms with E-state index >= 15 is 0 Å². The van der Waals surface area contributed by atoms with Gasteiger partial charge in [0.2, 0.25) is 0 Å². The molecule has 46 heavy (non-hydrogen) atoms. The van der Waals surface area contributed by atoms with E-state index in [1.165, 1.54) is 48.5 Å². The van der Waals surface area contributed by atoms with Crippen LogP contribution in [0.5, 0.6) is 17.2 Å². The van der Waals surface area contributed by atoms with Crippen molar-refractivity contribution in [3.63, 3.8) is 0 Å². The van der Waals surface area contributed by atoms with Crippen molar-refractivity contribution in [2.24, 2.45) is 5.18 Å². The van der Waals surface area contributed by atoms with Crippen molar-refractivity contribution in [3.05, 3.63) is 101 Å². The molecule has 0 unspecified atom stereocenters. The number of carboxylic acid groups (broad SMARTS) is 1. The molecule has 4 rings (SSSR count). The zero-order valence-electron chi connectivity index (χ0n) is 23.3. The first-order valence-electron chi connectivity index (χ1n) is 13.2. The highest BCUT2D eigenvalue weighted by molar-refractivity contribution is 5.94. The van der Waals surface area contributed by atoms with E-state index in [0.29, 0.717) is 11.1 Å². The summed E-state index contributed by atoms with van der Waals surface area (Å²) in [6.45, 7) is -0.147. The Morgan fingerprint density at radius 3 is 1.74 bits per heavy atom. The fraction of sp³-hybridized carbons (Fsp3) is 0.161. The number of hydrogen-bond acceptors (Lipinski definition) is 7. The zero-order chi connectivity index (χ0) is 33.5. The third-order valence-electron chi connectivity index (χ3n) is 6.23. The van der Waals surface area contributed by atoms with Crippen molar-refractivity contribution >= 4 is 17.6 Å². The van der Waals surface area contributed by atoms with E-state index in [1.807, 2.05) is 0 Å². The molecule has 9 nitrogen and oxygen atoms in total. The SMILES string of the molecule is O=Nc1cc(-c2ccc(OC(F)(F)F)cc2)c(OCc2ccc(C(=O)NCCC(=O)O)cc2)cc1-c1ccc(OC(F)(F)F)cc1. The predicted octanol–water partition coefficient (Wildman–Crippen LogP) is 8.00. The minimum absolute atomic E-state index is 0.0584. The van der Waals surface area contributed by atoms with Gasteiger partial charge in [0.25, 0.3) is 5.91 Å². The number of nitroso groups, excluding NO2 is 1. The zero-order valence-corrected chi connectivity index (χ0v) is 23.3. The number of carbonyl (C=O) groups is 2. The molecule has 0 radical (unpaired) electrons. The van der Waals surface area contributed by atoms with Gasteiger partial charge < -0.3 is 24.6 Å². The molecule has 15 heteroatoms. The fourth-order valence-electron chi connectivity index (χ4n) is 4.19. The average Bonchev–Trinajstić information content (AvgIpc) is 2.99. The van der Waals surface area contributed by atoms with Crippen LogP contribution < -0.4 is 19.5 Å². The molecular formula is C31H22F6N2O7. The molecule has 0 bridgehead atoms.